The average molecular weight is 386 g/mol. The van der Waals surface area contributed by atoms with Gasteiger partial charge in [0.2, 0.25) is 6.02 Å². The number of carbonyl (C=O) groups is 1. The van der Waals surface area contributed by atoms with Gasteiger partial charge in [0.15, 0.2) is 5.71 Å². The minimum Gasteiger partial charge on any atom is -0.824 e. The Morgan fingerprint density at radius 3 is 2.00 bits per heavy atom. The summed E-state index contributed by atoms with van der Waals surface area (Å²) >= 11 is 0. The van der Waals surface area contributed by atoms with Crippen LogP contribution >= 0.6 is 0 Å². The van der Waals surface area contributed by atoms with Crippen LogP contribution in [-0.4, -0.2) is 27.4 Å². The van der Waals surface area contributed by atoms with Crippen molar-refractivity contribution < 1.29 is 19.5 Å². The number of para-hydroxylation sites is 1. The zero-order chi connectivity index (χ0) is 20.4. The van der Waals surface area contributed by atoms with Crippen molar-refractivity contribution in [3.63, 3.8) is 0 Å². The molecule has 0 fully saturated rings. The van der Waals surface area contributed by atoms with E-state index in [4.69, 9.17) is 0 Å². The molecule has 1 heterocycles. The smallest absolute Gasteiger partial charge is 0.530 e. The molecule has 0 saturated heterocycles. The second-order valence-electron chi connectivity index (χ2n) is 6.17. The average Bonchev–Trinajstić information content (AvgIpc) is 3.04. The number of carbonyl (C=O) groups excluding carboxylic acids is 1. The standard InChI is InChI=1S/C21H14N4O4/c26-20-22-24(21(27)23(20)17-9-5-2-6-10-17)19(15-7-3-1-4-8-15)16-11-13-18(14-12-16)25(28)29/h1-14H/b24-19-. The third-order valence-electron chi connectivity index (χ3n) is 4.37. The summed E-state index contributed by atoms with van der Waals surface area (Å²) in [6, 6.07) is 21.8. The Morgan fingerprint density at radius 2 is 1.41 bits per heavy atom. The second kappa shape index (κ2) is 7.35. The maximum Gasteiger partial charge on any atom is 0.530 e. The number of hydrogen-bond acceptors (Lipinski definition) is 5. The van der Waals surface area contributed by atoms with Crippen LogP contribution in [0.25, 0.3) is 0 Å². The number of anilines is 1. The van der Waals surface area contributed by atoms with Crippen molar-refractivity contribution >= 4 is 29.1 Å². The van der Waals surface area contributed by atoms with E-state index in [0.29, 0.717) is 22.5 Å². The van der Waals surface area contributed by atoms with Gasteiger partial charge >= 0.3 is 6.03 Å². The monoisotopic (exact) mass is 386 g/mol. The van der Waals surface area contributed by atoms with E-state index in [1.54, 1.807) is 54.6 Å². The van der Waals surface area contributed by atoms with Gasteiger partial charge in [-0.05, 0) is 29.4 Å². The maximum absolute atomic E-state index is 13.1. The number of rotatable bonds is 4. The number of nitrogens with zero attached hydrogens (tertiary/aromatic N) is 4. The molecule has 29 heavy (non-hydrogen) atoms. The quantitative estimate of drug-likeness (QED) is 0.391. The number of non-ortho nitro benzene ring substituents is 1. The normalized spacial score (nSPS) is 15.2. The van der Waals surface area contributed by atoms with Gasteiger partial charge in [-0.15, -0.1) is 4.90 Å². The van der Waals surface area contributed by atoms with Crippen LogP contribution in [0.3, 0.4) is 0 Å². The van der Waals surface area contributed by atoms with Gasteiger partial charge < -0.3 is 5.11 Å². The van der Waals surface area contributed by atoms with Crippen LogP contribution in [-0.2, 0) is 0 Å². The van der Waals surface area contributed by atoms with Crippen molar-refractivity contribution in [3.8, 4) is 0 Å². The highest BCUT2D eigenvalue weighted by atomic mass is 16.6. The largest absolute Gasteiger partial charge is 0.824 e. The van der Waals surface area contributed by atoms with Gasteiger partial charge in [-0.3, -0.25) is 10.1 Å². The van der Waals surface area contributed by atoms with E-state index in [0.717, 1.165) is 9.58 Å². The van der Waals surface area contributed by atoms with Crippen LogP contribution in [0.4, 0.5) is 16.2 Å². The van der Waals surface area contributed by atoms with E-state index >= 15 is 0 Å². The molecular weight excluding hydrogens is 372 g/mol. The summed E-state index contributed by atoms with van der Waals surface area (Å²) in [5.74, 6) is 0. The lowest BCUT2D eigenvalue weighted by molar-refractivity contribution is -0.427. The predicted molar refractivity (Wildman–Crippen MR) is 105 cm³/mol. The Morgan fingerprint density at radius 1 is 0.862 bits per heavy atom. The molecule has 0 unspecified atom stereocenters. The van der Waals surface area contributed by atoms with Crippen LogP contribution in [0.1, 0.15) is 11.1 Å². The number of benzene rings is 3. The molecule has 8 heteroatoms. The molecule has 0 saturated carbocycles. The Labute approximate surface area is 165 Å². The van der Waals surface area contributed by atoms with Gasteiger partial charge in [-0.1, -0.05) is 53.2 Å². The van der Waals surface area contributed by atoms with E-state index in [1.165, 1.54) is 24.3 Å². The summed E-state index contributed by atoms with van der Waals surface area (Å²) in [4.78, 5) is 24.5. The molecule has 0 aliphatic carbocycles. The highest BCUT2D eigenvalue weighted by Crippen LogP contribution is 2.22. The molecule has 142 valence electrons. The van der Waals surface area contributed by atoms with E-state index in [1.807, 2.05) is 6.07 Å². The van der Waals surface area contributed by atoms with E-state index in [2.05, 4.69) is 5.10 Å². The van der Waals surface area contributed by atoms with Gasteiger partial charge in [0.1, 0.15) is 5.69 Å². The van der Waals surface area contributed by atoms with E-state index in [-0.39, 0.29) is 5.69 Å². The first-order chi connectivity index (χ1) is 14.1. The van der Waals surface area contributed by atoms with Crippen LogP contribution in [0.2, 0.25) is 0 Å². The summed E-state index contributed by atoms with van der Waals surface area (Å²) in [5.41, 5.74) is 1.85. The first-order valence-corrected chi connectivity index (χ1v) is 8.68. The Kier molecular flexibility index (Phi) is 4.58. The molecule has 1 aliphatic heterocycles. The lowest BCUT2D eigenvalue weighted by atomic mass is 10.0. The van der Waals surface area contributed by atoms with Crippen LogP contribution in [0, 0.1) is 10.1 Å². The second-order valence-corrected chi connectivity index (χ2v) is 6.17. The number of hydrazone groups is 1. The fraction of sp³-hybridized carbons (Fsp3) is 0. The molecule has 2 amide bonds. The van der Waals surface area contributed by atoms with Gasteiger partial charge in [0.05, 0.1) is 4.92 Å². The maximum atomic E-state index is 13.1. The number of nitro benzene ring substituents is 1. The number of amides is 2. The Balaban J connectivity index is 1.88. The van der Waals surface area contributed by atoms with Crippen molar-refractivity contribution in [1.82, 2.24) is 0 Å². The molecule has 0 atom stereocenters. The molecule has 4 rings (SSSR count). The highest BCUT2D eigenvalue weighted by Gasteiger charge is 2.39. The Hall–Kier alpha value is -4.33. The fourth-order valence-corrected chi connectivity index (χ4v) is 3.04. The molecule has 0 bridgehead atoms. The van der Waals surface area contributed by atoms with Crippen LogP contribution in [0.15, 0.2) is 90.0 Å². The molecule has 1 aliphatic rings. The SMILES string of the molecule is O=C1N(c2ccccc2)C([O-])=N/[N+]1=C(/c1ccccc1)c1ccc([N+](=O)[O-])cc1. The first-order valence-electron chi connectivity index (χ1n) is 8.68. The third-order valence-corrected chi connectivity index (χ3v) is 4.37. The van der Waals surface area contributed by atoms with Gasteiger partial charge in [-0.2, -0.15) is 4.79 Å². The minimum absolute atomic E-state index is 0.0761. The summed E-state index contributed by atoms with van der Waals surface area (Å²) in [5, 5.41) is 27.4. The van der Waals surface area contributed by atoms with E-state index < -0.39 is 17.0 Å². The fourth-order valence-electron chi connectivity index (χ4n) is 3.04. The molecule has 0 spiro atoms. The lowest BCUT2D eigenvalue weighted by Gasteiger charge is -2.11. The van der Waals surface area contributed by atoms with Gasteiger partial charge in [-0.25, -0.2) is 0 Å². The lowest BCUT2D eigenvalue weighted by Crippen LogP contribution is -2.40. The zero-order valence-electron chi connectivity index (χ0n) is 15.0. The molecule has 0 aromatic heterocycles. The summed E-state index contributed by atoms with van der Waals surface area (Å²) in [7, 11) is 0. The predicted octanol–water partition coefficient (Wildman–Crippen LogP) is 2.72. The molecule has 0 N–H and O–H groups in total. The number of urea groups is 1. The first kappa shape index (κ1) is 18.1. The molecule has 3 aromatic rings. The van der Waals surface area contributed by atoms with Crippen LogP contribution in [0.5, 0.6) is 0 Å². The molecule has 3 aromatic carbocycles. The molecular formula is C21H14N4O4. The highest BCUT2D eigenvalue weighted by molar-refractivity contribution is 6.17. The topological polar surface area (TPSA) is 102 Å². The summed E-state index contributed by atoms with van der Waals surface area (Å²) in [6.45, 7) is 0. The summed E-state index contributed by atoms with van der Waals surface area (Å²) in [6.07, 6.45) is 0. The number of hydrogen-bond donors (Lipinski definition) is 0. The third kappa shape index (κ3) is 3.34. The van der Waals surface area contributed by atoms with Crippen molar-refractivity contribution in [3.05, 3.63) is 106 Å². The van der Waals surface area contributed by atoms with E-state index in [9.17, 15) is 20.0 Å². The van der Waals surface area contributed by atoms with Crippen molar-refractivity contribution in [2.45, 2.75) is 0 Å². The molecule has 0 radical (unpaired) electrons. The Bertz CT molecular complexity index is 1140. The number of nitro groups is 1. The van der Waals surface area contributed by atoms with Crippen molar-refractivity contribution in [2.75, 3.05) is 4.90 Å². The van der Waals surface area contributed by atoms with Crippen molar-refractivity contribution in [1.29, 1.82) is 0 Å². The minimum atomic E-state index is -0.712. The zero-order valence-corrected chi connectivity index (χ0v) is 15.0. The van der Waals surface area contributed by atoms with Crippen LogP contribution < -0.4 is 10.0 Å². The summed E-state index contributed by atoms with van der Waals surface area (Å²) < 4.78 is 1.03. The van der Waals surface area contributed by atoms with Gasteiger partial charge in [0, 0.05) is 23.3 Å². The van der Waals surface area contributed by atoms with Gasteiger partial charge in [0.25, 0.3) is 5.69 Å². The van der Waals surface area contributed by atoms with Crippen molar-refractivity contribution in [2.24, 2.45) is 5.10 Å². The molecule has 8 nitrogen and oxygen atoms in total. The number of amidine groups is 1.